The lowest BCUT2D eigenvalue weighted by Gasteiger charge is -2.32. The van der Waals surface area contributed by atoms with Gasteiger partial charge >= 0.3 is 12.1 Å². The van der Waals surface area contributed by atoms with Gasteiger partial charge in [-0.25, -0.2) is 0 Å². The van der Waals surface area contributed by atoms with Crippen LogP contribution in [0, 0.1) is 0 Å². The Labute approximate surface area is 175 Å². The molecular weight excluding hydrogens is 413 g/mol. The van der Waals surface area contributed by atoms with Crippen molar-refractivity contribution in [3.63, 3.8) is 0 Å². The van der Waals surface area contributed by atoms with Crippen molar-refractivity contribution in [2.75, 3.05) is 13.1 Å². The van der Waals surface area contributed by atoms with E-state index in [1.807, 2.05) is 30.3 Å². The summed E-state index contributed by atoms with van der Waals surface area (Å²) in [5, 5.41) is 7.39. The second-order valence-electron chi connectivity index (χ2n) is 6.96. The molecule has 0 spiro atoms. The number of benzene rings is 2. The highest BCUT2D eigenvalue weighted by Gasteiger charge is 2.38. The number of rotatable bonds is 6. The minimum atomic E-state index is -4.69. The third kappa shape index (κ3) is 5.08. The zero-order chi connectivity index (χ0) is 21.8. The predicted octanol–water partition coefficient (Wildman–Crippen LogP) is 3.71. The van der Waals surface area contributed by atoms with Crippen LogP contribution in [0.15, 0.2) is 64.3 Å². The summed E-state index contributed by atoms with van der Waals surface area (Å²) in [6.45, 7) is 1.19. The first-order valence-corrected chi connectivity index (χ1v) is 9.38. The van der Waals surface area contributed by atoms with Crippen molar-refractivity contribution in [1.29, 1.82) is 0 Å². The molecule has 0 aliphatic carbocycles. The van der Waals surface area contributed by atoms with E-state index in [9.17, 15) is 18.0 Å². The summed E-state index contributed by atoms with van der Waals surface area (Å²) < 4.78 is 41.9. The number of oxime groups is 1. The number of alkyl halides is 3. The van der Waals surface area contributed by atoms with Gasteiger partial charge < -0.3 is 14.3 Å². The lowest BCUT2D eigenvalue weighted by Crippen LogP contribution is -2.51. The zero-order valence-corrected chi connectivity index (χ0v) is 16.2. The van der Waals surface area contributed by atoms with Crippen LogP contribution in [0.5, 0.6) is 0 Å². The Morgan fingerprint density at radius 2 is 1.77 bits per heavy atom. The Bertz CT molecular complexity index is 1070. The summed E-state index contributed by atoms with van der Waals surface area (Å²) in [5.74, 6) is -1.64. The van der Waals surface area contributed by atoms with Crippen LogP contribution in [-0.4, -0.2) is 39.7 Å². The molecule has 3 aromatic rings. The maximum Gasteiger partial charge on any atom is 0.471 e. The molecular formula is C21H17F3N4O3. The fraction of sp³-hybridized carbons (Fsp3) is 0.238. The van der Waals surface area contributed by atoms with Gasteiger partial charge in [-0.1, -0.05) is 64.9 Å². The van der Waals surface area contributed by atoms with Crippen molar-refractivity contribution in [2.24, 2.45) is 5.16 Å². The number of likely N-dealkylation sites (tertiary alicyclic amines) is 1. The minimum Gasteiger partial charge on any atom is -0.391 e. The van der Waals surface area contributed by atoms with Crippen LogP contribution in [0.3, 0.4) is 0 Å². The molecule has 4 rings (SSSR count). The van der Waals surface area contributed by atoms with Gasteiger partial charge in [0.1, 0.15) is 6.61 Å². The number of halogens is 3. The van der Waals surface area contributed by atoms with Crippen molar-refractivity contribution >= 4 is 11.6 Å². The number of hydrogen-bond acceptors (Lipinski definition) is 6. The first-order valence-electron chi connectivity index (χ1n) is 9.38. The molecule has 7 nitrogen and oxygen atoms in total. The average molecular weight is 430 g/mol. The lowest BCUT2D eigenvalue weighted by molar-refractivity contribution is -0.159. The zero-order valence-electron chi connectivity index (χ0n) is 16.2. The van der Waals surface area contributed by atoms with Gasteiger partial charge in [-0.3, -0.25) is 4.79 Å². The Morgan fingerprint density at radius 3 is 2.42 bits per heavy atom. The summed E-state index contributed by atoms with van der Waals surface area (Å²) in [6, 6.07) is 16.0. The number of carbonyl (C=O) groups excluding carboxylic acids is 1. The van der Waals surface area contributed by atoms with E-state index in [-0.39, 0.29) is 18.2 Å². The van der Waals surface area contributed by atoms with Gasteiger partial charge in [0, 0.05) is 5.56 Å². The van der Waals surface area contributed by atoms with Crippen molar-refractivity contribution in [3.8, 4) is 11.4 Å². The highest BCUT2D eigenvalue weighted by molar-refractivity contribution is 5.99. The van der Waals surface area contributed by atoms with Crippen molar-refractivity contribution < 1.29 is 27.3 Å². The van der Waals surface area contributed by atoms with Crippen LogP contribution < -0.4 is 0 Å². The van der Waals surface area contributed by atoms with Crippen LogP contribution in [0.25, 0.3) is 11.4 Å². The number of carbonyl (C=O) groups is 1. The molecule has 31 heavy (non-hydrogen) atoms. The molecule has 160 valence electrons. The third-order valence-corrected chi connectivity index (χ3v) is 4.60. The van der Waals surface area contributed by atoms with E-state index >= 15 is 0 Å². The summed E-state index contributed by atoms with van der Waals surface area (Å²) in [7, 11) is 0. The number of nitrogens with zero attached hydrogens (tertiary/aromatic N) is 4. The average Bonchev–Trinajstić information content (AvgIpc) is 3.22. The molecule has 0 atom stereocenters. The number of amides is 1. The largest absolute Gasteiger partial charge is 0.471 e. The number of aromatic nitrogens is 2. The molecule has 1 fully saturated rings. The van der Waals surface area contributed by atoms with E-state index in [1.54, 1.807) is 29.2 Å². The van der Waals surface area contributed by atoms with Crippen molar-refractivity contribution in [3.05, 3.63) is 71.6 Å². The second kappa shape index (κ2) is 8.58. The number of hydrogen-bond donors (Lipinski definition) is 0. The Balaban J connectivity index is 1.26. The quantitative estimate of drug-likeness (QED) is 0.557. The van der Waals surface area contributed by atoms with E-state index in [0.717, 1.165) is 16.8 Å². The monoisotopic (exact) mass is 430 g/mol. The fourth-order valence-corrected chi connectivity index (χ4v) is 2.91. The van der Waals surface area contributed by atoms with Crippen LogP contribution in [0.4, 0.5) is 13.2 Å². The molecule has 1 aromatic heterocycles. The molecule has 2 heterocycles. The van der Waals surface area contributed by atoms with Gasteiger partial charge in [0.2, 0.25) is 11.7 Å². The first-order chi connectivity index (χ1) is 14.9. The molecule has 0 N–H and O–H groups in total. The fourth-order valence-electron chi connectivity index (χ4n) is 2.91. The molecule has 2 aromatic carbocycles. The van der Waals surface area contributed by atoms with Gasteiger partial charge in [0.15, 0.2) is 0 Å². The van der Waals surface area contributed by atoms with Gasteiger partial charge in [-0.05, 0) is 11.1 Å². The maximum atomic E-state index is 12.6. The second-order valence-corrected chi connectivity index (χ2v) is 6.96. The van der Waals surface area contributed by atoms with E-state index in [2.05, 4.69) is 19.8 Å². The Kier molecular flexibility index (Phi) is 5.70. The smallest absolute Gasteiger partial charge is 0.391 e. The van der Waals surface area contributed by atoms with Crippen molar-refractivity contribution in [2.45, 2.75) is 19.2 Å². The molecule has 1 aliphatic heterocycles. The van der Waals surface area contributed by atoms with Crippen LogP contribution in [0.1, 0.15) is 17.0 Å². The molecule has 0 saturated carbocycles. The Morgan fingerprint density at radius 1 is 1.06 bits per heavy atom. The van der Waals surface area contributed by atoms with E-state index in [1.165, 1.54) is 0 Å². The van der Waals surface area contributed by atoms with Gasteiger partial charge in [-0.15, -0.1) is 0 Å². The van der Waals surface area contributed by atoms with E-state index < -0.39 is 12.1 Å². The van der Waals surface area contributed by atoms with Crippen molar-refractivity contribution in [1.82, 2.24) is 15.0 Å². The van der Waals surface area contributed by atoms with E-state index in [0.29, 0.717) is 25.3 Å². The Hall–Kier alpha value is -3.69. The summed E-state index contributed by atoms with van der Waals surface area (Å²) in [5.41, 5.74) is 2.89. The van der Waals surface area contributed by atoms with Gasteiger partial charge in [0.05, 0.1) is 25.2 Å². The maximum absolute atomic E-state index is 12.6. The highest BCUT2D eigenvalue weighted by atomic mass is 19.4. The van der Waals surface area contributed by atoms with Gasteiger partial charge in [0.25, 0.3) is 0 Å². The molecule has 1 saturated heterocycles. The molecule has 0 bridgehead atoms. The normalized spacial score (nSPS) is 13.6. The molecule has 10 heteroatoms. The molecule has 1 amide bonds. The lowest BCUT2D eigenvalue weighted by atomic mass is 10.1. The molecule has 0 unspecified atom stereocenters. The predicted molar refractivity (Wildman–Crippen MR) is 104 cm³/mol. The minimum absolute atomic E-state index is 0.0753. The van der Waals surface area contributed by atoms with E-state index in [4.69, 9.17) is 4.84 Å². The topological polar surface area (TPSA) is 80.8 Å². The summed E-state index contributed by atoms with van der Waals surface area (Å²) >= 11 is 0. The highest BCUT2D eigenvalue weighted by Crippen LogP contribution is 2.29. The SMILES string of the molecule is O=C(Cc1ccc(-c2noc(C(F)(F)F)n2)cc1)N1CC(=NOCc2ccccc2)C1. The summed E-state index contributed by atoms with van der Waals surface area (Å²) in [4.78, 5) is 22.7. The molecule has 0 radical (unpaired) electrons. The standard InChI is InChI=1S/C21H17F3N4O3/c22-21(23,24)20-25-19(27-31-20)16-8-6-14(7-9-16)10-18(29)28-11-17(12-28)26-30-13-15-4-2-1-3-5-15/h1-9H,10-13H2. The van der Waals surface area contributed by atoms with Crippen LogP contribution in [-0.2, 0) is 28.8 Å². The third-order valence-electron chi connectivity index (χ3n) is 4.60. The van der Waals surface area contributed by atoms with Gasteiger partial charge in [-0.2, -0.15) is 18.2 Å². The van der Waals surface area contributed by atoms with Crippen LogP contribution in [0.2, 0.25) is 0 Å². The summed E-state index contributed by atoms with van der Waals surface area (Å²) in [6.07, 6.45) is -4.53. The first kappa shape index (κ1) is 20.6. The van der Waals surface area contributed by atoms with Crippen LogP contribution >= 0.6 is 0 Å². The molecule has 1 aliphatic rings.